The Bertz CT molecular complexity index is 1050. The summed E-state index contributed by atoms with van der Waals surface area (Å²) in [6.07, 6.45) is 2.31. The number of hydrogen-bond acceptors (Lipinski definition) is 7. The molecule has 0 radical (unpaired) electrons. The van der Waals surface area contributed by atoms with Crippen LogP contribution in [0.2, 0.25) is 0 Å². The third-order valence-corrected chi connectivity index (χ3v) is 4.66. The van der Waals surface area contributed by atoms with E-state index in [1.807, 2.05) is 23.1 Å². The van der Waals surface area contributed by atoms with E-state index in [4.69, 9.17) is 15.9 Å². The number of nitrogen functional groups attached to an aromatic ring is 1. The van der Waals surface area contributed by atoms with Crippen molar-refractivity contribution >= 4 is 29.4 Å². The van der Waals surface area contributed by atoms with Crippen LogP contribution in [-0.4, -0.2) is 23.3 Å². The highest BCUT2D eigenvalue weighted by Gasteiger charge is 2.22. The van der Waals surface area contributed by atoms with Gasteiger partial charge in [0.2, 0.25) is 5.95 Å². The van der Waals surface area contributed by atoms with Crippen LogP contribution in [0.4, 0.5) is 27.5 Å². The second-order valence-corrected chi connectivity index (χ2v) is 6.47. The Morgan fingerprint density at radius 3 is 2.82 bits per heavy atom. The number of ether oxygens (including phenoxy) is 1. The number of nitrogens with one attached hydrogen (secondary N) is 2. The Kier molecular flexibility index (Phi) is 4.52. The molecular formula is C20H19FN6O. The maximum atomic E-state index is 14.3. The van der Waals surface area contributed by atoms with Crippen molar-refractivity contribution in [3.8, 4) is 5.75 Å². The van der Waals surface area contributed by atoms with Gasteiger partial charge in [0, 0.05) is 36.2 Å². The maximum Gasteiger partial charge on any atom is 0.228 e. The van der Waals surface area contributed by atoms with Gasteiger partial charge >= 0.3 is 0 Å². The number of benzene rings is 2. The first kappa shape index (κ1) is 17.7. The van der Waals surface area contributed by atoms with Gasteiger partial charge in [-0.3, -0.25) is 0 Å². The zero-order chi connectivity index (χ0) is 19.7. The highest BCUT2D eigenvalue weighted by Crippen LogP contribution is 2.30. The van der Waals surface area contributed by atoms with Crippen LogP contribution in [0.1, 0.15) is 16.7 Å². The summed E-state index contributed by atoms with van der Waals surface area (Å²) in [5.41, 5.74) is 9.71. The predicted molar refractivity (Wildman–Crippen MR) is 107 cm³/mol. The lowest BCUT2D eigenvalue weighted by atomic mass is 10.1. The molecule has 4 N–H and O–H groups in total. The molecule has 0 fully saturated rings. The van der Waals surface area contributed by atoms with E-state index in [1.54, 1.807) is 25.3 Å². The fourth-order valence-electron chi connectivity index (χ4n) is 3.15. The van der Waals surface area contributed by atoms with Crippen LogP contribution in [0, 0.1) is 11.2 Å². The summed E-state index contributed by atoms with van der Waals surface area (Å²) >= 11 is 0. The fourth-order valence-corrected chi connectivity index (χ4v) is 3.15. The van der Waals surface area contributed by atoms with Crippen molar-refractivity contribution in [2.45, 2.75) is 13.1 Å². The van der Waals surface area contributed by atoms with Gasteiger partial charge in [-0.2, -0.15) is 4.98 Å². The minimum absolute atomic E-state index is 0.0687. The molecular weight excluding hydrogens is 359 g/mol. The third-order valence-electron chi connectivity index (χ3n) is 4.66. The van der Waals surface area contributed by atoms with Crippen molar-refractivity contribution in [2.24, 2.45) is 0 Å². The first-order valence-corrected chi connectivity index (χ1v) is 8.67. The number of hydrogen-bond donors (Lipinski definition) is 3. The lowest BCUT2D eigenvalue weighted by Gasteiger charge is -2.16. The molecule has 142 valence electrons. The number of nitrogens with zero attached hydrogens (tertiary/aromatic N) is 3. The van der Waals surface area contributed by atoms with E-state index in [9.17, 15) is 4.39 Å². The van der Waals surface area contributed by atoms with Crippen molar-refractivity contribution in [3.63, 3.8) is 0 Å². The molecule has 1 aliphatic rings. The molecule has 0 atom stereocenters. The molecule has 1 aliphatic heterocycles. The Labute approximate surface area is 161 Å². The molecule has 0 unspecified atom stereocenters. The number of aromatic nitrogens is 2. The van der Waals surface area contributed by atoms with Gasteiger partial charge in [-0.15, -0.1) is 0 Å². The molecule has 7 nitrogen and oxygen atoms in total. The lowest BCUT2D eigenvalue weighted by Crippen LogP contribution is -2.18. The molecule has 1 aromatic heterocycles. The molecule has 4 rings (SSSR count). The summed E-state index contributed by atoms with van der Waals surface area (Å²) in [6.45, 7) is 1.27. The highest BCUT2D eigenvalue weighted by molar-refractivity contribution is 5.87. The van der Waals surface area contributed by atoms with E-state index < -0.39 is 5.82 Å². The summed E-state index contributed by atoms with van der Waals surface area (Å²) in [4.78, 5) is 10.5. The Balaban J connectivity index is 1.59. The second kappa shape index (κ2) is 7.15. The number of fused-ring (bicyclic) bond motifs is 1. The van der Waals surface area contributed by atoms with E-state index in [1.165, 1.54) is 0 Å². The predicted octanol–water partition coefficient (Wildman–Crippen LogP) is 3.47. The van der Waals surface area contributed by atoms with Gasteiger partial charge in [0.05, 0.1) is 13.3 Å². The van der Waals surface area contributed by atoms with Gasteiger partial charge < -0.3 is 26.1 Å². The molecule has 0 saturated carbocycles. The monoisotopic (exact) mass is 378 g/mol. The summed E-state index contributed by atoms with van der Waals surface area (Å²) in [5, 5.41) is 10.3. The molecule has 0 spiro atoms. The van der Waals surface area contributed by atoms with Crippen LogP contribution in [0.3, 0.4) is 0 Å². The topological polar surface area (TPSA) is 100 Å². The first-order chi connectivity index (χ1) is 13.6. The molecule has 0 amide bonds. The van der Waals surface area contributed by atoms with E-state index in [2.05, 4.69) is 15.3 Å². The van der Waals surface area contributed by atoms with Gasteiger partial charge in [-0.25, -0.2) is 9.37 Å². The number of nitrogens with two attached hydrogens (primary N) is 1. The maximum absolute atomic E-state index is 14.3. The van der Waals surface area contributed by atoms with E-state index in [0.29, 0.717) is 36.0 Å². The van der Waals surface area contributed by atoms with Gasteiger partial charge in [-0.1, -0.05) is 6.07 Å². The van der Waals surface area contributed by atoms with Crippen molar-refractivity contribution in [1.29, 1.82) is 5.41 Å². The minimum atomic E-state index is -0.560. The van der Waals surface area contributed by atoms with E-state index in [-0.39, 0.29) is 5.82 Å². The highest BCUT2D eigenvalue weighted by atomic mass is 19.1. The smallest absolute Gasteiger partial charge is 0.228 e. The molecule has 3 aromatic rings. The average molecular weight is 378 g/mol. The third kappa shape index (κ3) is 3.32. The molecule has 0 bridgehead atoms. The van der Waals surface area contributed by atoms with Crippen LogP contribution in [0.15, 0.2) is 42.6 Å². The number of halogens is 1. The summed E-state index contributed by atoms with van der Waals surface area (Å²) < 4.78 is 19.5. The molecule has 0 aliphatic carbocycles. The Morgan fingerprint density at radius 1 is 1.21 bits per heavy atom. The zero-order valence-corrected chi connectivity index (χ0v) is 15.2. The van der Waals surface area contributed by atoms with Crippen LogP contribution in [0.5, 0.6) is 5.75 Å². The summed E-state index contributed by atoms with van der Waals surface area (Å²) in [6, 6.07) is 11.0. The largest absolute Gasteiger partial charge is 0.497 e. The van der Waals surface area contributed by atoms with Crippen LogP contribution in [-0.2, 0) is 13.1 Å². The van der Waals surface area contributed by atoms with Gasteiger partial charge in [0.25, 0.3) is 0 Å². The van der Waals surface area contributed by atoms with Crippen molar-refractivity contribution in [3.05, 3.63) is 65.1 Å². The zero-order valence-electron chi connectivity index (χ0n) is 15.2. The van der Waals surface area contributed by atoms with E-state index >= 15 is 0 Å². The normalized spacial score (nSPS) is 12.6. The molecule has 8 heteroatoms. The standard InChI is InChI=1S/C20H19FN6O/c1-28-16-4-2-12-10-27(11-14(12)7-16)20-24-9-17(21)19(26-20)25-15-3-5-18(23)13(6-15)8-22/h2-9,22H,10-11,23H2,1H3,(H,24,25,26). The van der Waals surface area contributed by atoms with Gasteiger partial charge in [0.1, 0.15) is 5.75 Å². The molecule has 2 aromatic carbocycles. The minimum Gasteiger partial charge on any atom is -0.497 e. The summed E-state index contributed by atoms with van der Waals surface area (Å²) in [5.74, 6) is 0.740. The second-order valence-electron chi connectivity index (χ2n) is 6.47. The molecule has 2 heterocycles. The van der Waals surface area contributed by atoms with Crippen LogP contribution in [0.25, 0.3) is 0 Å². The van der Waals surface area contributed by atoms with Crippen molar-refractivity contribution < 1.29 is 9.13 Å². The van der Waals surface area contributed by atoms with E-state index in [0.717, 1.165) is 29.3 Å². The van der Waals surface area contributed by atoms with Crippen LogP contribution >= 0.6 is 0 Å². The number of anilines is 4. The molecule has 0 saturated heterocycles. The average Bonchev–Trinajstić information content (AvgIpc) is 3.14. The SMILES string of the molecule is COc1ccc2c(c1)CN(c1ncc(F)c(Nc3ccc(N)c(C=N)c3)n1)C2. The molecule has 28 heavy (non-hydrogen) atoms. The quantitative estimate of drug-likeness (QED) is 0.464. The van der Waals surface area contributed by atoms with Gasteiger partial charge in [0.15, 0.2) is 11.6 Å². The first-order valence-electron chi connectivity index (χ1n) is 8.67. The fraction of sp³-hybridized carbons (Fsp3) is 0.150. The number of rotatable bonds is 5. The van der Waals surface area contributed by atoms with Gasteiger partial charge in [-0.05, 0) is 41.5 Å². The number of methoxy groups -OCH3 is 1. The lowest BCUT2D eigenvalue weighted by molar-refractivity contribution is 0.414. The van der Waals surface area contributed by atoms with Crippen LogP contribution < -0.4 is 20.7 Å². The van der Waals surface area contributed by atoms with Crippen molar-refractivity contribution in [2.75, 3.05) is 23.1 Å². The van der Waals surface area contributed by atoms with Crippen molar-refractivity contribution in [1.82, 2.24) is 9.97 Å². The Morgan fingerprint density at radius 2 is 2.04 bits per heavy atom. The Hall–Kier alpha value is -3.68. The summed E-state index contributed by atoms with van der Waals surface area (Å²) in [7, 11) is 1.64.